The normalized spacial score (nSPS) is 17.1. The Morgan fingerprint density at radius 1 is 1.02 bits per heavy atom. The summed E-state index contributed by atoms with van der Waals surface area (Å²) in [7, 11) is 0. The number of aryl methyl sites for hydroxylation is 1. The van der Waals surface area contributed by atoms with Crippen molar-refractivity contribution in [2.75, 3.05) is 5.32 Å². The summed E-state index contributed by atoms with van der Waals surface area (Å²) in [4.78, 5) is 42.7. The fourth-order valence-corrected chi connectivity index (χ4v) is 4.58. The van der Waals surface area contributed by atoms with Crippen molar-refractivity contribution >= 4 is 40.7 Å². The Bertz CT molecular complexity index is 1310. The Balaban J connectivity index is 2.02. The van der Waals surface area contributed by atoms with E-state index in [4.69, 9.17) is 17.3 Å². The minimum absolute atomic E-state index is 0.141. The average molecular weight is 591 g/mol. The van der Waals surface area contributed by atoms with Gasteiger partial charge in [0.05, 0.1) is 16.4 Å². The number of rotatable bonds is 9. The summed E-state index contributed by atoms with van der Waals surface area (Å²) in [6.45, 7) is 1.80. The van der Waals surface area contributed by atoms with Crippen molar-refractivity contribution in [2.24, 2.45) is 22.6 Å². The predicted molar refractivity (Wildman–Crippen MR) is 136 cm³/mol. The third-order valence-electron chi connectivity index (χ3n) is 6.26. The summed E-state index contributed by atoms with van der Waals surface area (Å²) < 4.78 is 77.7. The van der Waals surface area contributed by atoms with E-state index in [1.54, 1.807) is 43.3 Å². The van der Waals surface area contributed by atoms with Gasteiger partial charge >= 0.3 is 12.4 Å². The van der Waals surface area contributed by atoms with Crippen LogP contribution in [0.1, 0.15) is 42.4 Å². The second kappa shape index (κ2) is 12.3. The largest absolute Gasteiger partial charge is 0.389 e. The average Bonchev–Trinajstić information content (AvgIpc) is 2.97. The van der Waals surface area contributed by atoms with E-state index in [-0.39, 0.29) is 16.4 Å². The van der Waals surface area contributed by atoms with Crippen LogP contribution in [0.25, 0.3) is 0 Å². The van der Waals surface area contributed by atoms with Gasteiger partial charge < -0.3 is 16.4 Å². The molecule has 0 radical (unpaired) electrons. The minimum Gasteiger partial charge on any atom is -0.369 e. The molecule has 1 heterocycles. The molecule has 0 aromatic heterocycles. The number of para-hydroxylation sites is 1. The summed E-state index contributed by atoms with van der Waals surface area (Å²) in [6.07, 6.45) is -16.4. The van der Waals surface area contributed by atoms with Crippen molar-refractivity contribution in [3.8, 4) is 0 Å². The Kier molecular flexibility index (Phi) is 9.49. The molecule has 3 atom stereocenters. The summed E-state index contributed by atoms with van der Waals surface area (Å²) in [5.41, 5.74) is 7.34. The number of hydrogen-bond acceptors (Lipinski definition) is 4. The van der Waals surface area contributed by atoms with E-state index in [0.29, 0.717) is 11.1 Å². The number of nitrogens with two attached hydrogens (primary N) is 1. The molecule has 0 unspecified atom stereocenters. The first kappa shape index (κ1) is 30.9. The number of carbonyl (C=O) groups is 3. The molecule has 216 valence electrons. The first-order chi connectivity index (χ1) is 18.6. The van der Waals surface area contributed by atoms with Crippen molar-refractivity contribution in [3.05, 3.63) is 64.2 Å². The lowest BCUT2D eigenvalue weighted by atomic mass is 9.83. The van der Waals surface area contributed by atoms with Crippen LogP contribution in [0.5, 0.6) is 0 Å². The molecule has 2 aromatic carbocycles. The molecule has 0 saturated carbocycles. The number of nitrogens with one attached hydrogen (secondary N) is 2. The van der Waals surface area contributed by atoms with E-state index < -0.39 is 73.8 Å². The molecular weight excluding hydrogens is 566 g/mol. The quantitative estimate of drug-likeness (QED) is 0.345. The van der Waals surface area contributed by atoms with Gasteiger partial charge in [-0.3, -0.25) is 14.4 Å². The van der Waals surface area contributed by atoms with Crippen molar-refractivity contribution in [3.63, 3.8) is 0 Å². The highest BCUT2D eigenvalue weighted by Gasteiger charge is 2.40. The summed E-state index contributed by atoms with van der Waals surface area (Å²) in [6, 6.07) is 11.7. The Morgan fingerprint density at radius 2 is 1.62 bits per heavy atom. The van der Waals surface area contributed by atoms with Crippen molar-refractivity contribution in [1.82, 2.24) is 5.32 Å². The van der Waals surface area contributed by atoms with E-state index >= 15 is 0 Å². The van der Waals surface area contributed by atoms with Crippen molar-refractivity contribution < 1.29 is 40.7 Å². The minimum atomic E-state index is -4.78. The zero-order valence-electron chi connectivity index (χ0n) is 21.0. The Morgan fingerprint density at radius 3 is 2.20 bits per heavy atom. The van der Waals surface area contributed by atoms with E-state index in [1.165, 1.54) is 6.07 Å². The van der Waals surface area contributed by atoms with Gasteiger partial charge in [0.25, 0.3) is 5.91 Å². The topological polar surface area (TPSA) is 114 Å². The molecule has 3 rings (SSSR count). The van der Waals surface area contributed by atoms with E-state index in [9.17, 15) is 40.7 Å². The van der Waals surface area contributed by atoms with Gasteiger partial charge in [0.15, 0.2) is 0 Å². The number of alkyl halides is 6. The van der Waals surface area contributed by atoms with Crippen LogP contribution in [-0.2, 0) is 14.4 Å². The molecule has 0 aliphatic carbocycles. The molecule has 0 saturated heterocycles. The maximum Gasteiger partial charge on any atom is 0.389 e. The number of aliphatic imine (C=N–C) groups is 1. The molecule has 40 heavy (non-hydrogen) atoms. The van der Waals surface area contributed by atoms with Gasteiger partial charge in [0.1, 0.15) is 0 Å². The van der Waals surface area contributed by atoms with Crippen LogP contribution in [0.4, 0.5) is 32.0 Å². The van der Waals surface area contributed by atoms with Gasteiger partial charge in [0.2, 0.25) is 18.0 Å². The molecule has 1 aliphatic heterocycles. The molecule has 2 aromatic rings. The van der Waals surface area contributed by atoms with E-state index in [1.807, 2.05) is 0 Å². The molecule has 14 heteroatoms. The number of anilines is 1. The van der Waals surface area contributed by atoms with Crippen LogP contribution in [0.3, 0.4) is 0 Å². The second-order valence-electron chi connectivity index (χ2n) is 9.33. The van der Waals surface area contributed by atoms with Crippen molar-refractivity contribution in [1.29, 1.82) is 0 Å². The maximum atomic E-state index is 13.3. The van der Waals surface area contributed by atoms with Gasteiger partial charge in [-0.2, -0.15) is 26.3 Å². The first-order valence-electron chi connectivity index (χ1n) is 12.0. The third kappa shape index (κ3) is 8.20. The lowest BCUT2D eigenvalue weighted by molar-refractivity contribution is -0.152. The van der Waals surface area contributed by atoms with Gasteiger partial charge in [-0.15, -0.1) is 0 Å². The van der Waals surface area contributed by atoms with E-state index in [2.05, 4.69) is 15.6 Å². The van der Waals surface area contributed by atoms with Crippen LogP contribution in [-0.4, -0.2) is 42.0 Å². The highest BCUT2D eigenvalue weighted by atomic mass is 35.5. The molecular formula is C26H25ClF6N4O3. The Labute approximate surface area is 230 Å². The SMILES string of the molecule is Cc1cccc(C2=N[C@H](NC(=O)[C@H](CCC(F)(F)F)[C@H](CCC(F)(F)F)C(N)=O)C(=O)Nc3c(Cl)cccc32)c1. The van der Waals surface area contributed by atoms with Crippen LogP contribution in [0, 0.1) is 18.8 Å². The van der Waals surface area contributed by atoms with Gasteiger partial charge in [-0.1, -0.05) is 47.5 Å². The first-order valence-corrected chi connectivity index (χ1v) is 12.4. The summed E-state index contributed by atoms with van der Waals surface area (Å²) >= 11 is 6.29. The number of hydrogen-bond donors (Lipinski definition) is 3. The zero-order chi connectivity index (χ0) is 29.8. The monoisotopic (exact) mass is 590 g/mol. The standard InChI is InChI=1S/C26H25ClF6N4O3/c1-13-4-2-5-14(12-13)19-17-6-3-7-18(27)20(17)36-24(40)22(35-19)37-23(39)16(9-11-26(31,32)33)15(21(34)38)8-10-25(28,29)30/h2-7,12,15-16,22H,8-11H2,1H3,(H2,34,38)(H,36,40)(H,37,39)/t15-,16+,22+/m0/s1. The second-order valence-corrected chi connectivity index (χ2v) is 9.74. The summed E-state index contributed by atoms with van der Waals surface area (Å²) in [5.74, 6) is -7.36. The number of fused-ring (bicyclic) bond motifs is 1. The number of carbonyl (C=O) groups excluding carboxylic acids is 3. The predicted octanol–water partition coefficient (Wildman–Crippen LogP) is 5.28. The fourth-order valence-electron chi connectivity index (χ4n) is 4.35. The molecule has 4 N–H and O–H groups in total. The summed E-state index contributed by atoms with van der Waals surface area (Å²) in [5, 5.41) is 4.88. The number of primary amides is 1. The highest BCUT2D eigenvalue weighted by molar-refractivity contribution is 6.36. The maximum absolute atomic E-state index is 13.3. The van der Waals surface area contributed by atoms with Gasteiger partial charge in [-0.25, -0.2) is 4.99 Å². The number of benzodiazepines with no additional fused rings is 1. The zero-order valence-corrected chi connectivity index (χ0v) is 21.8. The number of benzene rings is 2. The molecule has 1 aliphatic rings. The molecule has 0 spiro atoms. The highest BCUT2D eigenvalue weighted by Crippen LogP contribution is 2.34. The van der Waals surface area contributed by atoms with Gasteiger partial charge in [0, 0.05) is 35.8 Å². The van der Waals surface area contributed by atoms with E-state index in [0.717, 1.165) is 5.56 Å². The lowest BCUT2D eigenvalue weighted by Crippen LogP contribution is -2.48. The molecule has 3 amide bonds. The van der Waals surface area contributed by atoms with Crippen LogP contribution >= 0.6 is 11.6 Å². The van der Waals surface area contributed by atoms with Crippen LogP contribution in [0.2, 0.25) is 5.02 Å². The lowest BCUT2D eigenvalue weighted by Gasteiger charge is -2.26. The van der Waals surface area contributed by atoms with Crippen LogP contribution < -0.4 is 16.4 Å². The fraction of sp³-hybridized carbons (Fsp3) is 0.385. The molecule has 7 nitrogen and oxygen atoms in total. The molecule has 0 bridgehead atoms. The van der Waals surface area contributed by atoms with Crippen molar-refractivity contribution in [2.45, 2.75) is 51.1 Å². The smallest absolute Gasteiger partial charge is 0.369 e. The third-order valence-corrected chi connectivity index (χ3v) is 6.57. The van der Waals surface area contributed by atoms with Gasteiger partial charge in [-0.05, 0) is 31.9 Å². The van der Waals surface area contributed by atoms with Crippen LogP contribution in [0.15, 0.2) is 47.5 Å². The number of halogens is 7. The Hall–Kier alpha value is -3.61. The number of nitrogens with zero attached hydrogens (tertiary/aromatic N) is 1. The molecule has 0 fully saturated rings. The number of amides is 3.